The molecular formula is C17H23NO. The molecule has 2 fully saturated rings. The van der Waals surface area contributed by atoms with Crippen molar-refractivity contribution in [3.63, 3.8) is 0 Å². The van der Waals surface area contributed by atoms with E-state index in [1.807, 2.05) is 31.3 Å². The van der Waals surface area contributed by atoms with Crippen LogP contribution in [0.5, 0.6) is 5.75 Å². The highest BCUT2D eigenvalue weighted by Crippen LogP contribution is 2.51. The average molecular weight is 257 g/mol. The molecule has 0 aromatic heterocycles. The number of para-hydroxylation sites is 1. The quantitative estimate of drug-likeness (QED) is 0.790. The molecule has 0 heterocycles. The number of aromatic hydroxyl groups is 1. The molecule has 1 aromatic rings. The van der Waals surface area contributed by atoms with E-state index < -0.39 is 0 Å². The summed E-state index contributed by atoms with van der Waals surface area (Å²) >= 11 is 0. The topological polar surface area (TPSA) is 32.6 Å². The Balaban J connectivity index is 1.69. The van der Waals surface area contributed by atoms with Crippen molar-refractivity contribution in [2.24, 2.45) is 10.4 Å². The summed E-state index contributed by atoms with van der Waals surface area (Å²) in [7, 11) is 0. The van der Waals surface area contributed by atoms with E-state index in [9.17, 15) is 5.11 Å². The molecule has 2 aliphatic carbocycles. The number of hydrogen-bond acceptors (Lipinski definition) is 2. The first kappa shape index (κ1) is 12.7. The molecule has 1 unspecified atom stereocenters. The number of phenols is 1. The number of benzene rings is 1. The standard InChI is InChI=1S/C17H23NO/c1-13-5-4-6-14(16(13)19)12-18-15-7-10-17(11-15)8-2-3-9-17/h4-6,12,15,19H,2-3,7-11H2,1H3. The molecule has 3 rings (SSSR count). The van der Waals surface area contributed by atoms with Gasteiger partial charge in [-0.3, -0.25) is 4.99 Å². The Hall–Kier alpha value is -1.31. The van der Waals surface area contributed by atoms with E-state index in [-0.39, 0.29) is 0 Å². The van der Waals surface area contributed by atoms with E-state index in [2.05, 4.69) is 0 Å². The zero-order valence-electron chi connectivity index (χ0n) is 11.7. The Labute approximate surface area is 115 Å². The third-order valence-electron chi connectivity index (χ3n) is 5.03. The Bertz CT molecular complexity index is 486. The highest BCUT2D eigenvalue weighted by molar-refractivity contribution is 5.84. The third kappa shape index (κ3) is 2.54. The SMILES string of the molecule is Cc1cccc(C=NC2CCC3(CCCC3)C2)c1O. The fourth-order valence-corrected chi connectivity index (χ4v) is 3.85. The van der Waals surface area contributed by atoms with Crippen molar-refractivity contribution in [1.82, 2.24) is 0 Å². The van der Waals surface area contributed by atoms with Gasteiger partial charge in [0.2, 0.25) is 0 Å². The van der Waals surface area contributed by atoms with Gasteiger partial charge in [-0.1, -0.05) is 25.0 Å². The molecule has 1 aromatic carbocycles. The number of aryl methyl sites for hydroxylation is 1. The minimum absolute atomic E-state index is 0.375. The number of phenolic OH excluding ortho intramolecular Hbond substituents is 1. The van der Waals surface area contributed by atoms with Crippen LogP contribution in [-0.2, 0) is 0 Å². The van der Waals surface area contributed by atoms with E-state index in [1.54, 1.807) is 0 Å². The average Bonchev–Trinajstić information content (AvgIpc) is 3.02. The van der Waals surface area contributed by atoms with Crippen LogP contribution in [0.2, 0.25) is 0 Å². The minimum Gasteiger partial charge on any atom is -0.507 e. The van der Waals surface area contributed by atoms with Gasteiger partial charge in [0.25, 0.3) is 0 Å². The summed E-state index contributed by atoms with van der Waals surface area (Å²) in [6.07, 6.45) is 11.4. The summed E-state index contributed by atoms with van der Waals surface area (Å²) in [4.78, 5) is 4.73. The molecule has 0 saturated heterocycles. The van der Waals surface area contributed by atoms with Gasteiger partial charge in [-0.2, -0.15) is 0 Å². The molecule has 2 nitrogen and oxygen atoms in total. The highest BCUT2D eigenvalue weighted by atomic mass is 16.3. The molecule has 102 valence electrons. The van der Waals surface area contributed by atoms with Crippen LogP contribution in [0.4, 0.5) is 0 Å². The summed E-state index contributed by atoms with van der Waals surface area (Å²) in [5, 5.41) is 9.99. The largest absolute Gasteiger partial charge is 0.507 e. The van der Waals surface area contributed by atoms with Gasteiger partial charge < -0.3 is 5.11 Å². The number of rotatable bonds is 2. The first-order valence-corrected chi connectivity index (χ1v) is 7.50. The summed E-state index contributed by atoms with van der Waals surface area (Å²) in [6.45, 7) is 1.93. The zero-order chi connectivity index (χ0) is 13.3. The minimum atomic E-state index is 0.375. The smallest absolute Gasteiger partial charge is 0.127 e. The van der Waals surface area contributed by atoms with E-state index in [1.165, 1.54) is 44.9 Å². The number of hydrogen-bond donors (Lipinski definition) is 1. The Morgan fingerprint density at radius 2 is 2.05 bits per heavy atom. The van der Waals surface area contributed by atoms with E-state index in [4.69, 9.17) is 4.99 Å². The van der Waals surface area contributed by atoms with Crippen LogP contribution in [-0.4, -0.2) is 17.4 Å². The van der Waals surface area contributed by atoms with Crippen molar-refractivity contribution in [1.29, 1.82) is 0 Å². The van der Waals surface area contributed by atoms with Gasteiger partial charge in [-0.15, -0.1) is 0 Å². The summed E-state index contributed by atoms with van der Waals surface area (Å²) in [5.41, 5.74) is 2.39. The molecule has 0 amide bonds. The molecule has 0 radical (unpaired) electrons. The molecular weight excluding hydrogens is 234 g/mol. The Morgan fingerprint density at radius 3 is 2.84 bits per heavy atom. The maximum atomic E-state index is 9.99. The third-order valence-corrected chi connectivity index (χ3v) is 5.03. The summed E-state index contributed by atoms with van der Waals surface area (Å²) in [5.74, 6) is 0.375. The van der Waals surface area contributed by atoms with Crippen molar-refractivity contribution in [2.75, 3.05) is 0 Å². The van der Waals surface area contributed by atoms with Crippen molar-refractivity contribution in [3.8, 4) is 5.75 Å². The van der Waals surface area contributed by atoms with Crippen molar-refractivity contribution in [2.45, 2.75) is 57.9 Å². The molecule has 19 heavy (non-hydrogen) atoms. The van der Waals surface area contributed by atoms with Crippen LogP contribution < -0.4 is 0 Å². The summed E-state index contributed by atoms with van der Waals surface area (Å²) in [6, 6.07) is 6.31. The zero-order valence-corrected chi connectivity index (χ0v) is 11.7. The van der Waals surface area contributed by atoms with Crippen LogP contribution in [0.3, 0.4) is 0 Å². The van der Waals surface area contributed by atoms with Crippen molar-refractivity contribution in [3.05, 3.63) is 29.3 Å². The molecule has 1 atom stereocenters. The molecule has 2 aliphatic rings. The van der Waals surface area contributed by atoms with Crippen LogP contribution >= 0.6 is 0 Å². The van der Waals surface area contributed by atoms with E-state index in [0.29, 0.717) is 17.2 Å². The lowest BCUT2D eigenvalue weighted by Crippen LogP contribution is -2.12. The highest BCUT2D eigenvalue weighted by Gasteiger charge is 2.40. The first-order chi connectivity index (χ1) is 9.19. The predicted molar refractivity (Wildman–Crippen MR) is 79.0 cm³/mol. The molecule has 0 bridgehead atoms. The lowest BCUT2D eigenvalue weighted by molar-refractivity contribution is 0.305. The second-order valence-corrected chi connectivity index (χ2v) is 6.39. The molecule has 2 saturated carbocycles. The second-order valence-electron chi connectivity index (χ2n) is 6.39. The van der Waals surface area contributed by atoms with E-state index in [0.717, 1.165) is 11.1 Å². The van der Waals surface area contributed by atoms with Gasteiger partial charge in [0.05, 0.1) is 6.04 Å². The van der Waals surface area contributed by atoms with Crippen molar-refractivity contribution >= 4 is 6.21 Å². The molecule has 2 heteroatoms. The molecule has 1 N–H and O–H groups in total. The van der Waals surface area contributed by atoms with Gasteiger partial charge in [-0.25, -0.2) is 0 Å². The van der Waals surface area contributed by atoms with Gasteiger partial charge >= 0.3 is 0 Å². The second kappa shape index (κ2) is 4.99. The maximum absolute atomic E-state index is 9.99. The number of aliphatic imine (C=N–C) groups is 1. The van der Waals surface area contributed by atoms with Gasteiger partial charge in [0.1, 0.15) is 5.75 Å². The van der Waals surface area contributed by atoms with E-state index >= 15 is 0 Å². The van der Waals surface area contributed by atoms with Gasteiger partial charge in [0, 0.05) is 11.8 Å². The number of nitrogens with zero attached hydrogens (tertiary/aromatic N) is 1. The predicted octanol–water partition coefficient (Wildman–Crippen LogP) is 4.23. The molecule has 0 aliphatic heterocycles. The van der Waals surface area contributed by atoms with Gasteiger partial charge in [0.15, 0.2) is 0 Å². The molecule has 1 spiro atoms. The lowest BCUT2D eigenvalue weighted by atomic mass is 9.84. The summed E-state index contributed by atoms with van der Waals surface area (Å²) < 4.78 is 0. The Kier molecular flexibility index (Phi) is 3.34. The van der Waals surface area contributed by atoms with Crippen LogP contribution in [0, 0.1) is 12.3 Å². The van der Waals surface area contributed by atoms with Crippen molar-refractivity contribution < 1.29 is 5.11 Å². The van der Waals surface area contributed by atoms with Gasteiger partial charge in [-0.05, 0) is 56.1 Å². The monoisotopic (exact) mass is 257 g/mol. The van der Waals surface area contributed by atoms with Crippen LogP contribution in [0.1, 0.15) is 56.1 Å². The fraction of sp³-hybridized carbons (Fsp3) is 0.588. The fourth-order valence-electron chi connectivity index (χ4n) is 3.85. The normalized spacial score (nSPS) is 25.6. The van der Waals surface area contributed by atoms with Crippen LogP contribution in [0.15, 0.2) is 23.2 Å². The van der Waals surface area contributed by atoms with Crippen LogP contribution in [0.25, 0.3) is 0 Å². The lowest BCUT2D eigenvalue weighted by Gasteiger charge is -2.21. The first-order valence-electron chi connectivity index (χ1n) is 7.50. The maximum Gasteiger partial charge on any atom is 0.127 e. The Morgan fingerprint density at radius 1 is 1.26 bits per heavy atom.